The normalized spacial score (nSPS) is 10.5. The molecule has 0 saturated heterocycles. The molecule has 0 aliphatic heterocycles. The summed E-state index contributed by atoms with van der Waals surface area (Å²) >= 11 is 3.38. The maximum atomic E-state index is 9.22. The first-order valence-electron chi connectivity index (χ1n) is 4.65. The number of fused-ring (bicyclic) bond motifs is 1. The highest BCUT2D eigenvalue weighted by Gasteiger charge is 2.14. The van der Waals surface area contributed by atoms with Gasteiger partial charge < -0.3 is 0 Å². The number of aryl methyl sites for hydroxylation is 1. The summed E-state index contributed by atoms with van der Waals surface area (Å²) in [5.74, 6) is 0. The van der Waals surface area contributed by atoms with E-state index in [0.717, 1.165) is 15.8 Å². The number of benzene rings is 1. The van der Waals surface area contributed by atoms with E-state index in [2.05, 4.69) is 25.3 Å². The highest BCUT2D eigenvalue weighted by atomic mass is 32.2. The van der Waals surface area contributed by atoms with Gasteiger partial charge in [-0.25, -0.2) is 0 Å². The Balaban J connectivity index is 2.99. The molecule has 1 aromatic heterocycles. The molecule has 2 rings (SSSR count). The molecule has 0 atom stereocenters. The molecule has 0 unspecified atom stereocenters. The third kappa shape index (κ3) is 1.45. The van der Waals surface area contributed by atoms with Crippen LogP contribution in [0.25, 0.3) is 10.1 Å². The molecule has 0 aliphatic rings. The molecule has 1 heterocycles. The van der Waals surface area contributed by atoms with Gasteiger partial charge in [0, 0.05) is 15.0 Å². The second-order valence-corrected chi connectivity index (χ2v) is 5.17. The van der Waals surface area contributed by atoms with Crippen molar-refractivity contribution in [3.63, 3.8) is 0 Å². The Kier molecular flexibility index (Phi) is 2.72. The number of hydrogen-bond donors (Lipinski definition) is 0. The smallest absolute Gasteiger partial charge is 0.101 e. The van der Waals surface area contributed by atoms with Crippen molar-refractivity contribution < 1.29 is 0 Å². The molecule has 1 nitrogen and oxygen atoms in total. The Morgan fingerprint density at radius 1 is 1.33 bits per heavy atom. The van der Waals surface area contributed by atoms with E-state index in [1.165, 1.54) is 15.8 Å². The van der Waals surface area contributed by atoms with Crippen LogP contribution in [0.15, 0.2) is 16.3 Å². The summed E-state index contributed by atoms with van der Waals surface area (Å²) in [5, 5.41) is 12.4. The first-order valence-corrected chi connectivity index (χ1v) is 6.75. The summed E-state index contributed by atoms with van der Waals surface area (Å²) in [6.07, 6.45) is 2.03. The van der Waals surface area contributed by atoms with Gasteiger partial charge in [0.15, 0.2) is 0 Å². The predicted octanol–water partition coefficient (Wildman–Crippen LogP) is 4.11. The maximum Gasteiger partial charge on any atom is 0.101 e. The molecular weight excluding hydrogens is 222 g/mol. The molecular formula is C12H11NS2. The van der Waals surface area contributed by atoms with Crippen LogP contribution in [0.1, 0.15) is 16.7 Å². The Labute approximate surface area is 97.7 Å². The van der Waals surface area contributed by atoms with Crippen LogP contribution < -0.4 is 0 Å². The van der Waals surface area contributed by atoms with E-state index >= 15 is 0 Å². The number of rotatable bonds is 1. The average Bonchev–Trinajstić information content (AvgIpc) is 2.71. The summed E-state index contributed by atoms with van der Waals surface area (Å²) in [6, 6.07) is 4.38. The molecule has 3 heteroatoms. The Bertz CT molecular complexity index is 561. The topological polar surface area (TPSA) is 23.8 Å². The molecule has 0 N–H and O–H groups in total. The van der Waals surface area contributed by atoms with E-state index < -0.39 is 0 Å². The van der Waals surface area contributed by atoms with Gasteiger partial charge in [-0.05, 0) is 42.7 Å². The van der Waals surface area contributed by atoms with Crippen LogP contribution >= 0.6 is 23.1 Å². The number of thiophene rings is 1. The van der Waals surface area contributed by atoms with Gasteiger partial charge in [0.05, 0.1) is 5.56 Å². The summed E-state index contributed by atoms with van der Waals surface area (Å²) < 4.78 is 1.25. The first-order chi connectivity index (χ1) is 7.20. The van der Waals surface area contributed by atoms with Crippen molar-refractivity contribution in [2.24, 2.45) is 0 Å². The summed E-state index contributed by atoms with van der Waals surface area (Å²) in [7, 11) is 0. The molecule has 0 radical (unpaired) electrons. The lowest BCUT2D eigenvalue weighted by molar-refractivity contribution is 1.25. The Morgan fingerprint density at radius 3 is 2.67 bits per heavy atom. The number of nitriles is 1. The SMILES string of the molecule is CSc1c(C)c(C)c2sccc2c1C#N. The lowest BCUT2D eigenvalue weighted by atomic mass is 10.0. The van der Waals surface area contributed by atoms with Gasteiger partial charge in [0.2, 0.25) is 0 Å². The second-order valence-electron chi connectivity index (χ2n) is 3.43. The minimum atomic E-state index is 0.835. The van der Waals surface area contributed by atoms with Crippen LogP contribution in [0.2, 0.25) is 0 Å². The van der Waals surface area contributed by atoms with E-state index in [-0.39, 0.29) is 0 Å². The van der Waals surface area contributed by atoms with E-state index in [1.807, 2.05) is 12.3 Å². The fourth-order valence-electron chi connectivity index (χ4n) is 1.81. The summed E-state index contributed by atoms with van der Waals surface area (Å²) in [6.45, 7) is 4.23. The summed E-state index contributed by atoms with van der Waals surface area (Å²) in [5.41, 5.74) is 3.39. The largest absolute Gasteiger partial charge is 0.192 e. The van der Waals surface area contributed by atoms with Crippen molar-refractivity contribution in [1.82, 2.24) is 0 Å². The quantitative estimate of drug-likeness (QED) is 0.692. The van der Waals surface area contributed by atoms with Crippen molar-refractivity contribution >= 4 is 33.2 Å². The van der Waals surface area contributed by atoms with E-state index in [4.69, 9.17) is 0 Å². The van der Waals surface area contributed by atoms with Crippen molar-refractivity contribution in [3.8, 4) is 6.07 Å². The predicted molar refractivity (Wildman–Crippen MR) is 67.8 cm³/mol. The van der Waals surface area contributed by atoms with Crippen LogP contribution in [-0.2, 0) is 0 Å². The lowest BCUT2D eigenvalue weighted by Gasteiger charge is -2.10. The highest BCUT2D eigenvalue weighted by Crippen LogP contribution is 2.37. The van der Waals surface area contributed by atoms with Crippen LogP contribution in [0, 0.1) is 25.2 Å². The minimum absolute atomic E-state index is 0.835. The molecule has 0 saturated carbocycles. The van der Waals surface area contributed by atoms with Crippen LogP contribution in [-0.4, -0.2) is 6.26 Å². The minimum Gasteiger partial charge on any atom is -0.192 e. The van der Waals surface area contributed by atoms with Gasteiger partial charge >= 0.3 is 0 Å². The van der Waals surface area contributed by atoms with Crippen molar-refractivity contribution in [2.45, 2.75) is 18.7 Å². The molecule has 0 spiro atoms. The van der Waals surface area contributed by atoms with Gasteiger partial charge in [-0.15, -0.1) is 23.1 Å². The summed E-state index contributed by atoms with van der Waals surface area (Å²) in [4.78, 5) is 1.13. The standard InChI is InChI=1S/C12H11NS2/c1-7-8(2)12-9(4-5-15-12)10(6-13)11(7)14-3/h4-5H,1-3H3. The molecule has 2 aromatic rings. The Hall–Kier alpha value is -0.980. The van der Waals surface area contributed by atoms with Crippen LogP contribution in [0.5, 0.6) is 0 Å². The maximum absolute atomic E-state index is 9.22. The first kappa shape index (κ1) is 10.5. The fraction of sp³-hybridized carbons (Fsp3) is 0.250. The van der Waals surface area contributed by atoms with Gasteiger partial charge in [0.1, 0.15) is 6.07 Å². The zero-order chi connectivity index (χ0) is 11.0. The molecule has 1 aromatic carbocycles. The van der Waals surface area contributed by atoms with Crippen molar-refractivity contribution in [3.05, 3.63) is 28.1 Å². The Morgan fingerprint density at radius 2 is 2.07 bits per heavy atom. The molecule has 0 amide bonds. The van der Waals surface area contributed by atoms with E-state index in [1.54, 1.807) is 23.1 Å². The molecule has 0 fully saturated rings. The highest BCUT2D eigenvalue weighted by molar-refractivity contribution is 7.98. The van der Waals surface area contributed by atoms with E-state index in [9.17, 15) is 5.26 Å². The lowest BCUT2D eigenvalue weighted by Crippen LogP contribution is -1.91. The van der Waals surface area contributed by atoms with Crippen molar-refractivity contribution in [1.29, 1.82) is 5.26 Å². The fourth-order valence-corrected chi connectivity index (χ4v) is 3.60. The molecule has 0 bridgehead atoms. The van der Waals surface area contributed by atoms with Gasteiger partial charge in [-0.3, -0.25) is 0 Å². The van der Waals surface area contributed by atoms with Gasteiger partial charge in [0.25, 0.3) is 0 Å². The average molecular weight is 233 g/mol. The molecule has 76 valence electrons. The van der Waals surface area contributed by atoms with Crippen molar-refractivity contribution in [2.75, 3.05) is 6.26 Å². The zero-order valence-corrected chi connectivity index (χ0v) is 10.6. The second kappa shape index (κ2) is 3.88. The third-order valence-corrected chi connectivity index (χ3v) is 4.67. The molecule has 15 heavy (non-hydrogen) atoms. The number of thioether (sulfide) groups is 1. The third-order valence-electron chi connectivity index (χ3n) is 2.72. The monoisotopic (exact) mass is 233 g/mol. The number of hydrogen-bond acceptors (Lipinski definition) is 3. The van der Waals surface area contributed by atoms with Crippen LogP contribution in [0.3, 0.4) is 0 Å². The van der Waals surface area contributed by atoms with E-state index in [0.29, 0.717) is 0 Å². The number of nitrogens with zero attached hydrogens (tertiary/aromatic N) is 1. The zero-order valence-electron chi connectivity index (χ0n) is 8.92. The van der Waals surface area contributed by atoms with Gasteiger partial charge in [-0.1, -0.05) is 0 Å². The van der Waals surface area contributed by atoms with Gasteiger partial charge in [-0.2, -0.15) is 5.26 Å². The molecule has 0 aliphatic carbocycles. The van der Waals surface area contributed by atoms with Crippen LogP contribution in [0.4, 0.5) is 0 Å².